The number of nitrogens with one attached hydrogen (secondary N) is 1. The molecule has 3 nitrogen and oxygen atoms in total. The molecule has 0 aliphatic carbocycles. The molecule has 0 atom stereocenters. The Morgan fingerprint density at radius 2 is 1.52 bits per heavy atom. The molecule has 5 rings (SSSR count). The monoisotopic (exact) mass is 295 g/mol. The number of para-hydroxylation sites is 1. The van der Waals surface area contributed by atoms with Crippen LogP contribution >= 0.6 is 0 Å². The lowest BCUT2D eigenvalue weighted by molar-refractivity contribution is 1.33. The molecule has 1 N–H and O–H groups in total. The van der Waals surface area contributed by atoms with E-state index in [0.717, 1.165) is 33.8 Å². The van der Waals surface area contributed by atoms with Gasteiger partial charge in [0.25, 0.3) is 0 Å². The van der Waals surface area contributed by atoms with Crippen LogP contribution in [0.4, 0.5) is 11.4 Å². The quantitative estimate of drug-likeness (QED) is 0.542. The van der Waals surface area contributed by atoms with E-state index in [1.807, 2.05) is 36.4 Å². The largest absolute Gasteiger partial charge is 0.338 e. The van der Waals surface area contributed by atoms with Crippen LogP contribution in [0.2, 0.25) is 0 Å². The van der Waals surface area contributed by atoms with Gasteiger partial charge in [-0.05, 0) is 29.7 Å². The Kier molecular flexibility index (Phi) is 2.50. The number of benzene rings is 3. The van der Waals surface area contributed by atoms with Crippen molar-refractivity contribution in [2.75, 3.05) is 5.32 Å². The maximum Gasteiger partial charge on any atom is 0.157 e. The van der Waals surface area contributed by atoms with Crippen molar-refractivity contribution in [2.24, 2.45) is 4.99 Å². The van der Waals surface area contributed by atoms with Crippen molar-refractivity contribution in [3.63, 3.8) is 0 Å². The van der Waals surface area contributed by atoms with Gasteiger partial charge in [-0.25, -0.2) is 9.98 Å². The van der Waals surface area contributed by atoms with E-state index in [1.54, 1.807) is 0 Å². The number of aromatic nitrogens is 1. The number of hydrogen-bond donors (Lipinski definition) is 1. The Hall–Kier alpha value is -3.20. The summed E-state index contributed by atoms with van der Waals surface area (Å²) in [4.78, 5) is 9.53. The molecule has 1 aromatic heterocycles. The number of rotatable bonds is 1. The zero-order valence-electron chi connectivity index (χ0n) is 12.3. The maximum atomic E-state index is 4.78. The molecule has 3 aromatic carbocycles. The van der Waals surface area contributed by atoms with Gasteiger partial charge < -0.3 is 5.32 Å². The van der Waals surface area contributed by atoms with E-state index < -0.39 is 0 Å². The van der Waals surface area contributed by atoms with Gasteiger partial charge in [0.2, 0.25) is 0 Å². The van der Waals surface area contributed by atoms with Gasteiger partial charge in [0.05, 0.1) is 11.2 Å². The highest BCUT2D eigenvalue weighted by Crippen LogP contribution is 2.36. The third kappa shape index (κ3) is 1.90. The molecule has 0 fully saturated rings. The predicted octanol–water partition coefficient (Wildman–Crippen LogP) is 4.89. The smallest absolute Gasteiger partial charge is 0.157 e. The average Bonchev–Trinajstić information content (AvgIpc) is 2.62. The third-order valence-electron chi connectivity index (χ3n) is 4.21. The highest BCUT2D eigenvalue weighted by Gasteiger charge is 2.16. The summed E-state index contributed by atoms with van der Waals surface area (Å²) in [7, 11) is 0. The molecular formula is C20H13N3. The summed E-state index contributed by atoms with van der Waals surface area (Å²) in [5.74, 6) is 0.793. The van der Waals surface area contributed by atoms with Crippen LogP contribution in [0.15, 0.2) is 77.8 Å². The molecule has 0 saturated heterocycles. The van der Waals surface area contributed by atoms with E-state index in [2.05, 4.69) is 41.7 Å². The molecule has 4 aromatic rings. The summed E-state index contributed by atoms with van der Waals surface area (Å²) in [5, 5.41) is 6.93. The highest BCUT2D eigenvalue weighted by atomic mass is 15.0. The molecule has 1 aliphatic rings. The third-order valence-corrected chi connectivity index (χ3v) is 4.21. The first kappa shape index (κ1) is 12.4. The Morgan fingerprint density at radius 1 is 0.696 bits per heavy atom. The van der Waals surface area contributed by atoms with Crippen LogP contribution in [-0.2, 0) is 0 Å². The van der Waals surface area contributed by atoms with Crippen LogP contribution < -0.4 is 5.32 Å². The summed E-state index contributed by atoms with van der Waals surface area (Å²) in [5.41, 5.74) is 3.90. The lowest BCUT2D eigenvalue weighted by Crippen LogP contribution is -2.17. The number of nitrogens with zero attached hydrogens (tertiary/aromatic N) is 2. The molecular weight excluding hydrogens is 282 g/mol. The molecule has 0 amide bonds. The summed E-state index contributed by atoms with van der Waals surface area (Å²) in [6.45, 7) is 0. The number of anilines is 1. The molecule has 0 unspecified atom stereocenters. The first-order chi connectivity index (χ1) is 11.4. The number of fused-ring (bicyclic) bond motifs is 1. The van der Waals surface area contributed by atoms with Gasteiger partial charge in [-0.15, -0.1) is 0 Å². The normalized spacial score (nSPS) is 13.0. The van der Waals surface area contributed by atoms with Crippen molar-refractivity contribution in [1.29, 1.82) is 0 Å². The first-order valence-electron chi connectivity index (χ1n) is 7.62. The molecule has 23 heavy (non-hydrogen) atoms. The van der Waals surface area contributed by atoms with Crippen molar-refractivity contribution in [1.82, 2.24) is 4.98 Å². The van der Waals surface area contributed by atoms with Gasteiger partial charge in [-0.3, -0.25) is 0 Å². The first-order valence-corrected chi connectivity index (χ1v) is 7.62. The molecule has 1 aliphatic heterocycles. The van der Waals surface area contributed by atoms with Gasteiger partial charge in [0.1, 0.15) is 5.69 Å². The number of aliphatic imine (C=N–C) groups is 1. The standard InChI is InChI=1S/C20H13N3/c1-2-8-15-13(5-1)11-12-18(21-15)20-22-16-9-3-6-14-7-4-10-17(23-20)19(14)16/h1-12H,(H,22,23). The van der Waals surface area contributed by atoms with Crippen LogP contribution in [0.5, 0.6) is 0 Å². The van der Waals surface area contributed by atoms with Gasteiger partial charge in [-0.2, -0.15) is 0 Å². The summed E-state index contributed by atoms with van der Waals surface area (Å²) in [6, 6.07) is 24.7. The zero-order valence-corrected chi connectivity index (χ0v) is 12.3. The van der Waals surface area contributed by atoms with Gasteiger partial charge in [-0.1, -0.05) is 48.5 Å². The van der Waals surface area contributed by atoms with Crippen LogP contribution in [0, 0.1) is 0 Å². The summed E-state index contributed by atoms with van der Waals surface area (Å²) < 4.78 is 0. The van der Waals surface area contributed by atoms with Crippen molar-refractivity contribution in [3.8, 4) is 0 Å². The molecule has 3 heteroatoms. The van der Waals surface area contributed by atoms with E-state index in [-0.39, 0.29) is 0 Å². The minimum absolute atomic E-state index is 0.793. The zero-order chi connectivity index (χ0) is 15.2. The second-order valence-corrected chi connectivity index (χ2v) is 5.66. The second-order valence-electron chi connectivity index (χ2n) is 5.66. The number of hydrogen-bond acceptors (Lipinski definition) is 3. The lowest BCUT2D eigenvalue weighted by atomic mass is 10.0. The van der Waals surface area contributed by atoms with Crippen LogP contribution in [0.25, 0.3) is 21.7 Å². The Morgan fingerprint density at radius 3 is 2.48 bits per heavy atom. The van der Waals surface area contributed by atoms with Gasteiger partial charge in [0, 0.05) is 16.5 Å². The number of pyridine rings is 1. The van der Waals surface area contributed by atoms with E-state index in [9.17, 15) is 0 Å². The van der Waals surface area contributed by atoms with Crippen molar-refractivity contribution < 1.29 is 0 Å². The fourth-order valence-corrected chi connectivity index (χ4v) is 3.11. The molecule has 108 valence electrons. The maximum absolute atomic E-state index is 4.78. The van der Waals surface area contributed by atoms with Gasteiger partial charge in [0.15, 0.2) is 5.84 Å². The lowest BCUT2D eigenvalue weighted by Gasteiger charge is -2.18. The van der Waals surface area contributed by atoms with Crippen molar-refractivity contribution >= 4 is 38.9 Å². The fourth-order valence-electron chi connectivity index (χ4n) is 3.11. The predicted molar refractivity (Wildman–Crippen MR) is 95.5 cm³/mol. The van der Waals surface area contributed by atoms with Gasteiger partial charge >= 0.3 is 0 Å². The Bertz CT molecular complexity index is 1090. The van der Waals surface area contributed by atoms with E-state index in [1.165, 1.54) is 10.8 Å². The number of amidine groups is 1. The summed E-state index contributed by atoms with van der Waals surface area (Å²) in [6.07, 6.45) is 0. The van der Waals surface area contributed by atoms with Crippen LogP contribution in [-0.4, -0.2) is 10.8 Å². The second kappa shape index (κ2) is 4.65. The SMILES string of the molecule is c1ccc2nc(C3=Nc4cccc5cccc(c45)N3)ccc2c1. The van der Waals surface area contributed by atoms with E-state index in [4.69, 9.17) is 9.98 Å². The van der Waals surface area contributed by atoms with E-state index >= 15 is 0 Å². The average molecular weight is 295 g/mol. The Balaban J connectivity index is 1.71. The van der Waals surface area contributed by atoms with E-state index in [0.29, 0.717) is 0 Å². The molecule has 0 spiro atoms. The van der Waals surface area contributed by atoms with Crippen molar-refractivity contribution in [2.45, 2.75) is 0 Å². The van der Waals surface area contributed by atoms with Crippen LogP contribution in [0.3, 0.4) is 0 Å². The van der Waals surface area contributed by atoms with Crippen LogP contribution in [0.1, 0.15) is 5.69 Å². The fraction of sp³-hybridized carbons (Fsp3) is 0. The Labute approximate surface area is 133 Å². The highest BCUT2D eigenvalue weighted by molar-refractivity contribution is 6.18. The molecule has 0 bridgehead atoms. The van der Waals surface area contributed by atoms with Crippen molar-refractivity contribution in [3.05, 3.63) is 78.5 Å². The topological polar surface area (TPSA) is 37.3 Å². The molecule has 0 radical (unpaired) electrons. The molecule has 2 heterocycles. The minimum Gasteiger partial charge on any atom is -0.338 e. The minimum atomic E-state index is 0.793. The molecule has 0 saturated carbocycles. The summed E-state index contributed by atoms with van der Waals surface area (Å²) >= 11 is 0.